The van der Waals surface area contributed by atoms with E-state index in [1.807, 2.05) is 0 Å². The number of hydrogen-bond donors (Lipinski definition) is 0. The number of ether oxygens (including phenoxy) is 2. The number of aromatic nitrogens is 1. The van der Waals surface area contributed by atoms with E-state index in [1.54, 1.807) is 24.5 Å². The molecule has 0 radical (unpaired) electrons. The molecule has 2 unspecified atom stereocenters. The number of nitrogens with zero attached hydrogens (tertiary/aromatic N) is 3. The lowest BCUT2D eigenvalue weighted by molar-refractivity contribution is -0.211. The maximum atomic E-state index is 13.5. The van der Waals surface area contributed by atoms with E-state index in [0.29, 0.717) is 12.1 Å². The van der Waals surface area contributed by atoms with Gasteiger partial charge >= 0.3 is 11.9 Å². The number of hydroxylamine groups is 2. The molecule has 11 heteroatoms. The first-order valence-electron chi connectivity index (χ1n) is 9.13. The molecular formula is C18H19N3O7S. The Hall–Kier alpha value is -2.66. The Labute approximate surface area is 170 Å². The summed E-state index contributed by atoms with van der Waals surface area (Å²) < 4.78 is 11.8. The first kappa shape index (κ1) is 19.6. The van der Waals surface area contributed by atoms with Crippen LogP contribution in [0.1, 0.15) is 31.4 Å². The SMILES string of the molecule is CSN(C(=O)C1(c2ccccn2)CCC(=O)O1)[C@H]1CON(C2CCC(=O)O2)C1=O. The number of hydrogen-bond acceptors (Lipinski definition) is 9. The molecule has 10 nitrogen and oxygen atoms in total. The van der Waals surface area contributed by atoms with Crippen molar-refractivity contribution in [3.05, 3.63) is 30.1 Å². The van der Waals surface area contributed by atoms with Crippen molar-refractivity contribution in [1.29, 1.82) is 0 Å². The van der Waals surface area contributed by atoms with Crippen LogP contribution in [0, 0.1) is 0 Å². The first-order chi connectivity index (χ1) is 14.0. The third-order valence-corrected chi connectivity index (χ3v) is 5.89. The Balaban J connectivity index is 1.60. The lowest BCUT2D eigenvalue weighted by Crippen LogP contribution is -2.51. The van der Waals surface area contributed by atoms with E-state index in [0.717, 1.165) is 17.0 Å². The molecule has 3 saturated heterocycles. The fourth-order valence-electron chi connectivity index (χ4n) is 3.65. The van der Waals surface area contributed by atoms with Gasteiger partial charge < -0.3 is 9.47 Å². The van der Waals surface area contributed by atoms with Crippen LogP contribution in [0.5, 0.6) is 0 Å². The highest BCUT2D eigenvalue weighted by Crippen LogP contribution is 2.40. The first-order valence-corrected chi connectivity index (χ1v) is 10.3. The van der Waals surface area contributed by atoms with Gasteiger partial charge in [0.15, 0.2) is 6.04 Å². The van der Waals surface area contributed by atoms with Crippen molar-refractivity contribution in [3.8, 4) is 0 Å². The molecule has 3 atom stereocenters. The van der Waals surface area contributed by atoms with Gasteiger partial charge in [-0.15, -0.1) is 0 Å². The number of amides is 2. The average molecular weight is 421 g/mol. The van der Waals surface area contributed by atoms with Crippen molar-refractivity contribution in [1.82, 2.24) is 14.4 Å². The molecule has 0 aliphatic carbocycles. The summed E-state index contributed by atoms with van der Waals surface area (Å²) in [6.45, 7) is -0.0916. The summed E-state index contributed by atoms with van der Waals surface area (Å²) in [6, 6.07) is 4.07. The topological polar surface area (TPSA) is 115 Å². The molecular weight excluding hydrogens is 402 g/mol. The standard InChI is InChI=1S/C18H19N3O7S/c1-29-21(11-10-26-20(16(11)24)13-5-6-14(22)27-13)17(25)18(8-7-15(23)28-18)12-4-2-3-9-19-12/h2-4,9,11,13H,5-8,10H2,1H3/t11-,13?,18?/m0/s1. The lowest BCUT2D eigenvalue weighted by Gasteiger charge is -2.33. The van der Waals surface area contributed by atoms with Gasteiger partial charge in [0.2, 0.25) is 11.8 Å². The minimum absolute atomic E-state index is 0.0732. The van der Waals surface area contributed by atoms with Crippen LogP contribution >= 0.6 is 11.9 Å². The molecule has 0 bridgehead atoms. The van der Waals surface area contributed by atoms with E-state index < -0.39 is 41.6 Å². The van der Waals surface area contributed by atoms with Crippen LogP contribution in [0.3, 0.4) is 0 Å². The van der Waals surface area contributed by atoms with Crippen LogP contribution in [-0.2, 0) is 39.1 Å². The summed E-state index contributed by atoms with van der Waals surface area (Å²) in [5.74, 6) is -1.95. The number of pyridine rings is 1. The van der Waals surface area contributed by atoms with Crippen LogP contribution in [0.2, 0.25) is 0 Å². The molecule has 4 rings (SSSR count). The molecule has 3 aliphatic heterocycles. The Morgan fingerprint density at radius 1 is 1.28 bits per heavy atom. The molecule has 2 amide bonds. The second-order valence-electron chi connectivity index (χ2n) is 6.79. The zero-order valence-corrected chi connectivity index (χ0v) is 16.4. The summed E-state index contributed by atoms with van der Waals surface area (Å²) in [4.78, 5) is 59.4. The molecule has 0 N–H and O–H groups in total. The fourth-order valence-corrected chi connectivity index (χ4v) is 4.37. The normalized spacial score (nSPS) is 29.1. The van der Waals surface area contributed by atoms with Crippen LogP contribution in [0.4, 0.5) is 0 Å². The number of carbonyl (C=O) groups excluding carboxylic acids is 4. The molecule has 4 heterocycles. The smallest absolute Gasteiger partial charge is 0.308 e. The third-order valence-electron chi connectivity index (χ3n) is 5.07. The highest BCUT2D eigenvalue weighted by atomic mass is 32.2. The van der Waals surface area contributed by atoms with E-state index in [4.69, 9.17) is 14.3 Å². The number of rotatable bonds is 5. The summed E-state index contributed by atoms with van der Waals surface area (Å²) in [7, 11) is 0. The van der Waals surface area contributed by atoms with E-state index >= 15 is 0 Å². The van der Waals surface area contributed by atoms with Gasteiger partial charge in [0, 0.05) is 25.3 Å². The zero-order chi connectivity index (χ0) is 20.6. The maximum absolute atomic E-state index is 13.5. The van der Waals surface area contributed by atoms with Gasteiger partial charge in [0.25, 0.3) is 11.8 Å². The molecule has 0 aromatic carbocycles. The van der Waals surface area contributed by atoms with Gasteiger partial charge in [0.05, 0.1) is 18.5 Å². The monoisotopic (exact) mass is 421 g/mol. The lowest BCUT2D eigenvalue weighted by atomic mass is 9.93. The van der Waals surface area contributed by atoms with Crippen molar-refractivity contribution in [2.24, 2.45) is 0 Å². The number of cyclic esters (lactones) is 2. The van der Waals surface area contributed by atoms with Crippen LogP contribution in [0.15, 0.2) is 24.4 Å². The third kappa shape index (κ3) is 3.33. The highest BCUT2D eigenvalue weighted by molar-refractivity contribution is 7.96. The van der Waals surface area contributed by atoms with Crippen molar-refractivity contribution >= 4 is 35.7 Å². The number of esters is 2. The van der Waals surface area contributed by atoms with Crippen molar-refractivity contribution < 1.29 is 33.5 Å². The Morgan fingerprint density at radius 3 is 2.69 bits per heavy atom. The Bertz CT molecular complexity index is 851. The molecule has 3 aliphatic rings. The van der Waals surface area contributed by atoms with Gasteiger partial charge in [-0.3, -0.25) is 33.3 Å². The number of carbonyl (C=O) groups is 4. The van der Waals surface area contributed by atoms with Crippen LogP contribution < -0.4 is 0 Å². The van der Waals surface area contributed by atoms with Crippen molar-refractivity contribution in [3.63, 3.8) is 0 Å². The summed E-state index contributed by atoms with van der Waals surface area (Å²) in [5.41, 5.74) is -1.28. The van der Waals surface area contributed by atoms with E-state index in [1.165, 1.54) is 10.5 Å². The predicted molar refractivity (Wildman–Crippen MR) is 97.3 cm³/mol. The van der Waals surface area contributed by atoms with Crippen LogP contribution in [-0.4, -0.2) is 63.2 Å². The second-order valence-corrected chi connectivity index (χ2v) is 7.55. The second kappa shape index (κ2) is 7.64. The molecule has 0 saturated carbocycles. The molecule has 0 spiro atoms. The summed E-state index contributed by atoms with van der Waals surface area (Å²) in [6.07, 6.45) is 3.10. The van der Waals surface area contributed by atoms with Crippen molar-refractivity contribution in [2.45, 2.75) is 43.6 Å². The molecule has 3 fully saturated rings. The average Bonchev–Trinajstić information content (AvgIpc) is 3.43. The largest absolute Gasteiger partial charge is 0.442 e. The van der Waals surface area contributed by atoms with Gasteiger partial charge in [-0.25, -0.2) is 0 Å². The van der Waals surface area contributed by atoms with E-state index in [9.17, 15) is 19.2 Å². The molecule has 154 valence electrons. The minimum atomic E-state index is -1.59. The van der Waals surface area contributed by atoms with E-state index in [-0.39, 0.29) is 25.9 Å². The molecule has 29 heavy (non-hydrogen) atoms. The molecule has 1 aromatic rings. The van der Waals surface area contributed by atoms with Crippen LogP contribution in [0.25, 0.3) is 0 Å². The zero-order valence-electron chi connectivity index (χ0n) is 15.6. The Morgan fingerprint density at radius 2 is 2.10 bits per heavy atom. The summed E-state index contributed by atoms with van der Waals surface area (Å²) >= 11 is 1.03. The summed E-state index contributed by atoms with van der Waals surface area (Å²) in [5, 5.41) is 1.01. The van der Waals surface area contributed by atoms with Gasteiger partial charge in [-0.2, -0.15) is 5.06 Å². The Kier molecular flexibility index (Phi) is 5.17. The van der Waals surface area contributed by atoms with Gasteiger partial charge in [-0.1, -0.05) is 6.07 Å². The van der Waals surface area contributed by atoms with E-state index in [2.05, 4.69) is 4.98 Å². The molecule has 1 aromatic heterocycles. The minimum Gasteiger partial charge on any atom is -0.442 e. The maximum Gasteiger partial charge on any atom is 0.308 e. The highest BCUT2D eigenvalue weighted by Gasteiger charge is 2.55. The fraction of sp³-hybridized carbons (Fsp3) is 0.500. The van der Waals surface area contributed by atoms with Gasteiger partial charge in [-0.05, 0) is 24.1 Å². The quantitative estimate of drug-likeness (QED) is 0.496. The predicted octanol–water partition coefficient (Wildman–Crippen LogP) is 0.526. The van der Waals surface area contributed by atoms with Gasteiger partial charge in [0.1, 0.15) is 6.61 Å². The van der Waals surface area contributed by atoms with Crippen molar-refractivity contribution in [2.75, 3.05) is 12.9 Å².